The molecule has 0 saturated carbocycles. The summed E-state index contributed by atoms with van der Waals surface area (Å²) in [6.45, 7) is 22.9. The van der Waals surface area contributed by atoms with E-state index >= 15 is 0 Å². The molecule has 0 aliphatic heterocycles. The second kappa shape index (κ2) is 12.9. The molecule has 34 heavy (non-hydrogen) atoms. The van der Waals surface area contributed by atoms with Gasteiger partial charge in [-0.3, -0.25) is 9.98 Å². The molecular formula is C29H38FeN3Si-. The van der Waals surface area contributed by atoms with Crippen molar-refractivity contribution in [1.29, 1.82) is 0 Å². The van der Waals surface area contributed by atoms with Crippen LogP contribution >= 0.6 is 0 Å². The number of benzene rings is 2. The van der Waals surface area contributed by atoms with Gasteiger partial charge in [0.2, 0.25) is 0 Å². The molecule has 0 spiro atoms. The van der Waals surface area contributed by atoms with Crippen LogP contribution in [-0.4, -0.2) is 24.5 Å². The van der Waals surface area contributed by atoms with Gasteiger partial charge in [0, 0.05) is 17.1 Å². The molecule has 0 fully saturated rings. The smallest absolute Gasteiger partial charge is 0.0849 e. The summed E-state index contributed by atoms with van der Waals surface area (Å²) in [7, 11) is -0.861. The molecule has 5 heteroatoms. The Morgan fingerprint density at radius 2 is 0.912 bits per heavy atom. The Balaban J connectivity index is 0.000000873. The molecule has 2 aromatic carbocycles. The van der Waals surface area contributed by atoms with Crippen LogP contribution in [0.2, 0.25) is 19.6 Å². The SMILES string of the molecule is CC(=Nc1c(C)cccc1C)c1cccc(C(C)=Nc2c(C)cccc2C)n1.[CH2-][Si](C)(C)C.[Fe]. The van der Waals surface area contributed by atoms with E-state index in [0.717, 1.165) is 34.2 Å². The molecule has 182 valence electrons. The van der Waals surface area contributed by atoms with Gasteiger partial charge in [-0.15, -0.1) is 8.07 Å². The summed E-state index contributed by atoms with van der Waals surface area (Å²) in [6.07, 6.45) is 0. The van der Waals surface area contributed by atoms with Crippen LogP contribution in [0.5, 0.6) is 0 Å². The number of aryl methyl sites for hydroxylation is 4. The summed E-state index contributed by atoms with van der Waals surface area (Å²) in [5.74, 6) is 0. The third kappa shape index (κ3) is 9.13. The monoisotopic (exact) mass is 512 g/mol. The second-order valence-corrected chi connectivity index (χ2v) is 15.0. The van der Waals surface area contributed by atoms with Crippen LogP contribution < -0.4 is 0 Å². The van der Waals surface area contributed by atoms with Crippen molar-refractivity contribution in [3.63, 3.8) is 0 Å². The molecule has 0 radical (unpaired) electrons. The topological polar surface area (TPSA) is 37.6 Å². The van der Waals surface area contributed by atoms with Crippen LogP contribution in [0.3, 0.4) is 0 Å². The largest absolute Gasteiger partial charge is 0.342 e. The molecule has 0 N–H and O–H groups in total. The zero-order valence-electron chi connectivity index (χ0n) is 22.1. The van der Waals surface area contributed by atoms with Gasteiger partial charge in [0.05, 0.1) is 34.2 Å². The molecule has 0 bridgehead atoms. The Kier molecular flexibility index (Phi) is 11.3. The maximum atomic E-state index is 4.86. The van der Waals surface area contributed by atoms with Crippen molar-refractivity contribution in [3.8, 4) is 0 Å². The van der Waals surface area contributed by atoms with Gasteiger partial charge in [-0.25, -0.2) is 4.98 Å². The van der Waals surface area contributed by atoms with E-state index in [1.165, 1.54) is 22.3 Å². The molecule has 3 nitrogen and oxygen atoms in total. The van der Waals surface area contributed by atoms with Crippen LogP contribution in [0.25, 0.3) is 0 Å². The van der Waals surface area contributed by atoms with Crippen molar-refractivity contribution >= 4 is 30.9 Å². The number of nitrogens with zero attached hydrogens (tertiary/aromatic N) is 3. The Morgan fingerprint density at radius 1 is 0.647 bits per heavy atom. The number of aliphatic imine (C=N–C) groups is 2. The van der Waals surface area contributed by atoms with E-state index in [2.05, 4.69) is 90.3 Å². The van der Waals surface area contributed by atoms with E-state index in [4.69, 9.17) is 15.0 Å². The fourth-order valence-electron chi connectivity index (χ4n) is 3.25. The first kappa shape index (κ1) is 29.7. The van der Waals surface area contributed by atoms with Gasteiger partial charge in [-0.05, 0) is 75.9 Å². The molecular weight excluding hydrogens is 474 g/mol. The van der Waals surface area contributed by atoms with E-state index < -0.39 is 8.07 Å². The number of pyridine rings is 1. The minimum atomic E-state index is -0.861. The number of hydrogen-bond donors (Lipinski definition) is 0. The number of hydrogen-bond acceptors (Lipinski definition) is 3. The molecule has 0 amide bonds. The van der Waals surface area contributed by atoms with Crippen LogP contribution in [0, 0.1) is 34.2 Å². The summed E-state index contributed by atoms with van der Waals surface area (Å²) >= 11 is 0. The van der Waals surface area contributed by atoms with Gasteiger partial charge < -0.3 is 6.55 Å². The summed E-state index contributed by atoms with van der Waals surface area (Å²) in [6, 6.07) is 18.5. The third-order valence-corrected chi connectivity index (χ3v) is 4.93. The first-order valence-electron chi connectivity index (χ1n) is 11.4. The fourth-order valence-corrected chi connectivity index (χ4v) is 3.25. The molecule has 1 aromatic heterocycles. The molecule has 3 aromatic rings. The normalized spacial score (nSPS) is 11.9. The molecule has 3 rings (SSSR count). The van der Waals surface area contributed by atoms with Gasteiger partial charge in [0.25, 0.3) is 0 Å². The van der Waals surface area contributed by atoms with E-state index in [-0.39, 0.29) is 17.1 Å². The molecule has 0 aliphatic rings. The summed E-state index contributed by atoms with van der Waals surface area (Å²) in [5, 5.41) is 0. The van der Waals surface area contributed by atoms with Crippen molar-refractivity contribution < 1.29 is 17.1 Å². The Morgan fingerprint density at radius 3 is 1.21 bits per heavy atom. The van der Waals surface area contributed by atoms with Crippen LogP contribution in [0.4, 0.5) is 11.4 Å². The van der Waals surface area contributed by atoms with Gasteiger partial charge in [0.1, 0.15) is 0 Å². The first-order chi connectivity index (χ1) is 15.4. The standard InChI is InChI=1S/C25H27N3.C4H11Si.Fe/c1-16-10-7-11-17(2)24(16)26-20(5)22-14-9-15-23(28-22)21(6)27-25-18(3)12-8-13-19(25)4;1-5(2,3)4;/h7-15H,1-6H3;1H2,2-4H3;/q;-1;. The summed E-state index contributed by atoms with van der Waals surface area (Å²) < 4.78 is 0. The minimum Gasteiger partial charge on any atom is -0.342 e. The molecule has 0 saturated heterocycles. The Labute approximate surface area is 218 Å². The molecule has 0 aliphatic carbocycles. The predicted octanol–water partition coefficient (Wildman–Crippen LogP) is 8.29. The Hall–Kier alpha value is -2.33. The van der Waals surface area contributed by atoms with E-state index in [0.29, 0.717) is 0 Å². The van der Waals surface area contributed by atoms with E-state index in [9.17, 15) is 0 Å². The van der Waals surface area contributed by atoms with Crippen molar-refractivity contribution in [2.45, 2.75) is 61.2 Å². The van der Waals surface area contributed by atoms with Crippen LogP contribution in [0.15, 0.2) is 64.6 Å². The third-order valence-electron chi connectivity index (χ3n) is 4.93. The average molecular weight is 513 g/mol. The summed E-state index contributed by atoms with van der Waals surface area (Å²) in [4.78, 5) is 14.5. The number of para-hydroxylation sites is 2. The van der Waals surface area contributed by atoms with Gasteiger partial charge >= 0.3 is 0 Å². The average Bonchev–Trinajstić information content (AvgIpc) is 2.72. The predicted molar refractivity (Wildman–Crippen MR) is 149 cm³/mol. The van der Waals surface area contributed by atoms with Crippen molar-refractivity contribution in [1.82, 2.24) is 4.98 Å². The van der Waals surface area contributed by atoms with E-state index in [1.54, 1.807) is 0 Å². The van der Waals surface area contributed by atoms with Crippen LogP contribution in [-0.2, 0) is 17.1 Å². The Bertz CT molecular complexity index is 1040. The van der Waals surface area contributed by atoms with Crippen molar-refractivity contribution in [3.05, 3.63) is 94.8 Å². The van der Waals surface area contributed by atoms with Crippen molar-refractivity contribution in [2.24, 2.45) is 9.98 Å². The number of aromatic nitrogens is 1. The minimum absolute atomic E-state index is 0. The summed E-state index contributed by atoms with van der Waals surface area (Å²) in [5.41, 5.74) is 10.3. The van der Waals surface area contributed by atoms with E-state index in [1.807, 2.05) is 32.0 Å². The van der Waals surface area contributed by atoms with Gasteiger partial charge in [0.15, 0.2) is 0 Å². The molecule has 0 unspecified atom stereocenters. The zero-order valence-corrected chi connectivity index (χ0v) is 24.2. The second-order valence-electron chi connectivity index (χ2n) is 9.84. The zero-order chi connectivity index (χ0) is 24.8. The number of rotatable bonds is 4. The maximum Gasteiger partial charge on any atom is 0.0849 e. The van der Waals surface area contributed by atoms with Crippen LogP contribution in [0.1, 0.15) is 47.5 Å². The van der Waals surface area contributed by atoms with Gasteiger partial charge in [-0.1, -0.05) is 62.1 Å². The van der Waals surface area contributed by atoms with Gasteiger partial charge in [-0.2, -0.15) is 0 Å². The molecule has 0 atom stereocenters. The fraction of sp³-hybridized carbons (Fsp3) is 0.310. The molecule has 1 heterocycles. The quantitative estimate of drug-likeness (QED) is 0.197. The first-order valence-corrected chi connectivity index (χ1v) is 15.1. The van der Waals surface area contributed by atoms with Crippen molar-refractivity contribution in [2.75, 3.05) is 0 Å². The maximum absolute atomic E-state index is 4.86.